The minimum atomic E-state index is -2.84. The molecule has 0 aliphatic carbocycles. The van der Waals surface area contributed by atoms with Gasteiger partial charge in [-0.3, -0.25) is 9.59 Å². The van der Waals surface area contributed by atoms with Crippen LogP contribution in [-0.2, 0) is 38.1 Å². The second kappa shape index (κ2) is 15.8. The summed E-state index contributed by atoms with van der Waals surface area (Å²) in [7, 11) is 0. The van der Waals surface area contributed by atoms with Crippen molar-refractivity contribution >= 4 is 17.8 Å². The first-order valence-corrected chi connectivity index (χ1v) is 14.2. The Hall–Kier alpha value is -2.19. The lowest BCUT2D eigenvalue weighted by Gasteiger charge is -2.48. The largest absolute Gasteiger partial charge is 0.477 e. The van der Waals surface area contributed by atoms with Crippen LogP contribution in [0, 0.1) is 0 Å². The second-order valence-corrected chi connectivity index (χ2v) is 11.3. The van der Waals surface area contributed by atoms with E-state index in [4.69, 9.17) is 23.7 Å². The van der Waals surface area contributed by atoms with E-state index in [0.717, 1.165) is 13.8 Å². The van der Waals surface area contributed by atoms with Gasteiger partial charge < -0.3 is 90.5 Å². The van der Waals surface area contributed by atoms with Crippen molar-refractivity contribution in [2.45, 2.75) is 118 Å². The number of carbonyl (C=O) groups excluding carboxylic acids is 2. The van der Waals surface area contributed by atoms with Gasteiger partial charge in [0.1, 0.15) is 67.1 Å². The zero-order chi connectivity index (χ0) is 34.7. The molecule has 0 aromatic rings. The van der Waals surface area contributed by atoms with E-state index in [1.165, 1.54) is 0 Å². The minimum Gasteiger partial charge on any atom is -0.477 e. The first kappa shape index (κ1) is 38.3. The maximum atomic E-state index is 12.4. The third-order valence-electron chi connectivity index (χ3n) is 7.87. The average molecular weight is 675 g/mol. The molecule has 3 aliphatic rings. The third kappa shape index (κ3) is 8.26. The van der Waals surface area contributed by atoms with Crippen LogP contribution in [0.1, 0.15) is 20.3 Å². The predicted molar refractivity (Wildman–Crippen MR) is 142 cm³/mol. The second-order valence-electron chi connectivity index (χ2n) is 11.3. The van der Waals surface area contributed by atoms with E-state index < -0.39 is 142 Å². The number of carboxylic acids is 1. The first-order valence-electron chi connectivity index (χ1n) is 14.2. The fraction of sp³-hybridized carbons (Fsp3) is 0.880. The standard InChI is InChI=1S/C25H42N2O19/c1-7(30)26-13-9(32)3-25(24(40)41,46-21(13)15(34)10(33)4-28)42-6-12-16(35)18(37)19(38)23(44-12)45-20-11(5-29)43-22(39)14(17(20)36)27-8(2)31/h9-23,28-29,32-39H,3-6H2,1-2H3,(H,26,30)(H,27,31)(H,40,41)/t9-,10-,11+,12+,13+,14+,15+,16-,17+,18-,19+,20+,21+,22-,23-,25+/m0/s1. The Kier molecular flexibility index (Phi) is 13.1. The van der Waals surface area contributed by atoms with Gasteiger partial charge in [0.15, 0.2) is 12.6 Å². The van der Waals surface area contributed by atoms with E-state index in [-0.39, 0.29) is 0 Å². The monoisotopic (exact) mass is 674 g/mol. The molecule has 21 heteroatoms. The quantitative estimate of drug-likeness (QED) is 0.0913. The Bertz CT molecular complexity index is 1050. The molecule has 266 valence electrons. The van der Waals surface area contributed by atoms with Gasteiger partial charge in [-0.25, -0.2) is 4.79 Å². The molecule has 0 unspecified atom stereocenters. The van der Waals surface area contributed by atoms with Crippen LogP contribution in [-0.4, -0.2) is 191 Å². The summed E-state index contributed by atoms with van der Waals surface area (Å²) in [6, 6.07) is -2.96. The summed E-state index contributed by atoms with van der Waals surface area (Å²) in [5, 5.41) is 117. The molecule has 3 saturated heterocycles. The van der Waals surface area contributed by atoms with Crippen LogP contribution in [0.25, 0.3) is 0 Å². The molecule has 3 rings (SSSR count). The van der Waals surface area contributed by atoms with Crippen molar-refractivity contribution in [3.05, 3.63) is 0 Å². The molecule has 2 amide bonds. The third-order valence-corrected chi connectivity index (χ3v) is 7.87. The zero-order valence-corrected chi connectivity index (χ0v) is 24.7. The Morgan fingerprint density at radius 3 is 2.02 bits per heavy atom. The Labute approximate surface area is 260 Å². The van der Waals surface area contributed by atoms with Crippen LogP contribution in [0.2, 0.25) is 0 Å². The van der Waals surface area contributed by atoms with Crippen LogP contribution < -0.4 is 10.6 Å². The van der Waals surface area contributed by atoms with Crippen molar-refractivity contribution in [3.63, 3.8) is 0 Å². The van der Waals surface area contributed by atoms with Crippen LogP contribution >= 0.6 is 0 Å². The molecule has 3 heterocycles. The number of hydrogen-bond acceptors (Lipinski definition) is 18. The number of rotatable bonds is 12. The number of amides is 2. The molecule has 0 saturated carbocycles. The van der Waals surface area contributed by atoms with Crippen molar-refractivity contribution in [2.24, 2.45) is 0 Å². The van der Waals surface area contributed by atoms with Crippen LogP contribution in [0.5, 0.6) is 0 Å². The Morgan fingerprint density at radius 2 is 1.48 bits per heavy atom. The van der Waals surface area contributed by atoms with Crippen molar-refractivity contribution in [2.75, 3.05) is 19.8 Å². The zero-order valence-electron chi connectivity index (χ0n) is 24.7. The lowest BCUT2D eigenvalue weighted by molar-refractivity contribution is -0.358. The number of aliphatic hydroxyl groups is 10. The normalized spacial score (nSPS) is 42.9. The lowest BCUT2D eigenvalue weighted by atomic mass is 9.88. The van der Waals surface area contributed by atoms with Crippen LogP contribution in [0.3, 0.4) is 0 Å². The van der Waals surface area contributed by atoms with Gasteiger partial charge in [0, 0.05) is 20.3 Å². The summed E-state index contributed by atoms with van der Waals surface area (Å²) in [4.78, 5) is 35.7. The summed E-state index contributed by atoms with van der Waals surface area (Å²) in [6.45, 7) is -0.695. The molecule has 0 aromatic heterocycles. The van der Waals surface area contributed by atoms with Crippen molar-refractivity contribution in [1.29, 1.82) is 0 Å². The number of hydrogen-bond donors (Lipinski definition) is 13. The molecule has 3 fully saturated rings. The number of aliphatic hydroxyl groups excluding tert-OH is 10. The highest BCUT2D eigenvalue weighted by Crippen LogP contribution is 2.35. The topological polar surface area (TPSA) is 344 Å². The number of nitrogens with one attached hydrogen (secondary N) is 2. The molecule has 3 aliphatic heterocycles. The van der Waals surface area contributed by atoms with Gasteiger partial charge in [-0.2, -0.15) is 0 Å². The molecule has 0 spiro atoms. The van der Waals surface area contributed by atoms with Gasteiger partial charge in [-0.05, 0) is 0 Å². The summed E-state index contributed by atoms with van der Waals surface area (Å²) >= 11 is 0. The molecule has 46 heavy (non-hydrogen) atoms. The molecule has 0 bridgehead atoms. The highest BCUT2D eigenvalue weighted by Gasteiger charge is 2.57. The predicted octanol–water partition coefficient (Wildman–Crippen LogP) is -8.08. The number of aliphatic carboxylic acids is 1. The fourth-order valence-electron chi connectivity index (χ4n) is 5.46. The molecular weight excluding hydrogens is 632 g/mol. The van der Waals surface area contributed by atoms with E-state index in [1.54, 1.807) is 0 Å². The van der Waals surface area contributed by atoms with E-state index in [9.17, 15) is 70.6 Å². The van der Waals surface area contributed by atoms with Gasteiger partial charge in [0.25, 0.3) is 5.79 Å². The number of carboxylic acid groups (broad SMARTS) is 1. The summed E-state index contributed by atoms with van der Waals surface area (Å²) in [6.07, 6.45) is -24.9. The highest BCUT2D eigenvalue weighted by molar-refractivity contribution is 5.76. The van der Waals surface area contributed by atoms with Gasteiger partial charge in [-0.15, -0.1) is 0 Å². The van der Waals surface area contributed by atoms with Crippen molar-refractivity contribution in [3.8, 4) is 0 Å². The SMILES string of the molecule is CC(=O)N[C@@H]1[C@@H](O)[C@H](O[C@@H]2O[C@H](CO[C@]3(C(=O)O)C[C@H](O)[C@@H](NC(C)=O)[C@H]([C@H](O)[C@@H](O)CO)O3)[C@H](O)[C@H](O)[C@H]2O)[C@@H](CO)O[C@@H]1O. The molecule has 21 nitrogen and oxygen atoms in total. The summed E-state index contributed by atoms with van der Waals surface area (Å²) in [5.41, 5.74) is 0. The van der Waals surface area contributed by atoms with Gasteiger partial charge in [0.2, 0.25) is 11.8 Å². The highest BCUT2D eigenvalue weighted by atomic mass is 16.8. The summed E-state index contributed by atoms with van der Waals surface area (Å²) in [5.74, 6) is -6.12. The maximum absolute atomic E-state index is 12.4. The first-order chi connectivity index (χ1) is 21.5. The smallest absolute Gasteiger partial charge is 0.364 e. The number of carbonyl (C=O) groups is 3. The number of ether oxygens (including phenoxy) is 5. The summed E-state index contributed by atoms with van der Waals surface area (Å²) < 4.78 is 27.2. The van der Waals surface area contributed by atoms with Gasteiger partial charge in [-0.1, -0.05) is 0 Å². The Morgan fingerprint density at radius 1 is 0.870 bits per heavy atom. The fourth-order valence-corrected chi connectivity index (χ4v) is 5.46. The van der Waals surface area contributed by atoms with Gasteiger partial charge in [0.05, 0.1) is 32.0 Å². The molecule has 13 N–H and O–H groups in total. The molecular formula is C25H42N2O19. The van der Waals surface area contributed by atoms with E-state index in [2.05, 4.69) is 10.6 Å². The maximum Gasteiger partial charge on any atom is 0.364 e. The van der Waals surface area contributed by atoms with E-state index >= 15 is 0 Å². The molecule has 16 atom stereocenters. The van der Waals surface area contributed by atoms with Crippen molar-refractivity contribution < 1.29 is 94.2 Å². The van der Waals surface area contributed by atoms with E-state index in [1.807, 2.05) is 0 Å². The Balaban J connectivity index is 1.83. The van der Waals surface area contributed by atoms with Crippen LogP contribution in [0.15, 0.2) is 0 Å². The van der Waals surface area contributed by atoms with Crippen molar-refractivity contribution in [1.82, 2.24) is 10.6 Å². The minimum absolute atomic E-state index is 0.677. The molecule has 0 radical (unpaired) electrons. The van der Waals surface area contributed by atoms with Crippen LogP contribution in [0.4, 0.5) is 0 Å². The average Bonchev–Trinajstić information content (AvgIpc) is 2.99. The van der Waals surface area contributed by atoms with Gasteiger partial charge >= 0.3 is 5.97 Å². The molecule has 0 aromatic carbocycles. The van der Waals surface area contributed by atoms with E-state index in [0.29, 0.717) is 0 Å². The lowest BCUT2D eigenvalue weighted by Crippen LogP contribution is -2.69.